The van der Waals surface area contributed by atoms with Crippen molar-refractivity contribution in [2.24, 2.45) is 0 Å². The van der Waals surface area contributed by atoms with E-state index < -0.39 is 61.2 Å². The standard InChI is InChI=1S/C38H37N3O11/c1-22(42)47-21-32-33(48-23(2)43)34(49-24(3)44)35(50-25(4)45)38(51-32)52-37-30(19-28-16-11-17-46-28)40-36-29(18-26-12-7-5-8-13-26)39-31(20-41(36)37)27-14-9-6-10-15-27/h5-17,20,32-35,38H,18-19,21H2,1-4H3/t32-,33+,34+,35-,38+/m1/s1. The number of carbonyl (C=O) groups excluding carboxylic acids is 4. The predicted octanol–water partition coefficient (Wildman–Crippen LogP) is 4.63. The van der Waals surface area contributed by atoms with Crippen molar-refractivity contribution in [1.29, 1.82) is 0 Å². The van der Waals surface area contributed by atoms with Crippen LogP contribution < -0.4 is 4.74 Å². The fourth-order valence-corrected chi connectivity index (χ4v) is 6.00. The number of imidazole rings is 1. The number of aromatic nitrogens is 3. The van der Waals surface area contributed by atoms with E-state index in [1.807, 2.05) is 60.7 Å². The number of fused-ring (bicyclic) bond motifs is 1. The third-order valence-electron chi connectivity index (χ3n) is 8.08. The number of esters is 4. The number of ether oxygens (including phenoxy) is 6. The van der Waals surface area contributed by atoms with Crippen molar-refractivity contribution < 1.29 is 52.0 Å². The summed E-state index contributed by atoms with van der Waals surface area (Å²) in [6.07, 6.45) is -3.01. The molecular weight excluding hydrogens is 674 g/mol. The highest BCUT2D eigenvalue weighted by molar-refractivity contribution is 5.69. The Morgan fingerprint density at radius 2 is 1.37 bits per heavy atom. The smallest absolute Gasteiger partial charge is 0.303 e. The van der Waals surface area contributed by atoms with Crippen LogP contribution in [0.3, 0.4) is 0 Å². The van der Waals surface area contributed by atoms with E-state index >= 15 is 0 Å². The summed E-state index contributed by atoms with van der Waals surface area (Å²) in [4.78, 5) is 59.1. The van der Waals surface area contributed by atoms with Crippen LogP contribution in [0.1, 0.15) is 50.4 Å². The van der Waals surface area contributed by atoms with Crippen LogP contribution in [0, 0.1) is 0 Å². The highest BCUT2D eigenvalue weighted by Crippen LogP contribution is 2.35. The van der Waals surface area contributed by atoms with Crippen molar-refractivity contribution in [2.75, 3.05) is 6.61 Å². The van der Waals surface area contributed by atoms with Gasteiger partial charge in [-0.25, -0.2) is 9.97 Å². The fourth-order valence-electron chi connectivity index (χ4n) is 6.00. The normalized spacial score (nSPS) is 19.8. The molecule has 0 radical (unpaired) electrons. The summed E-state index contributed by atoms with van der Waals surface area (Å²) in [5, 5.41) is 0. The molecule has 5 atom stereocenters. The van der Waals surface area contributed by atoms with Gasteiger partial charge in [-0.05, 0) is 17.7 Å². The van der Waals surface area contributed by atoms with Crippen molar-refractivity contribution in [3.05, 3.63) is 108 Å². The number of nitrogens with zero attached hydrogens (tertiary/aromatic N) is 3. The predicted molar refractivity (Wildman–Crippen MR) is 182 cm³/mol. The maximum absolute atomic E-state index is 12.5. The Bertz CT molecular complexity index is 2030. The molecule has 0 unspecified atom stereocenters. The summed E-state index contributed by atoms with van der Waals surface area (Å²) in [6, 6.07) is 22.9. The Kier molecular flexibility index (Phi) is 10.9. The van der Waals surface area contributed by atoms with Gasteiger partial charge < -0.3 is 32.8 Å². The monoisotopic (exact) mass is 711 g/mol. The van der Waals surface area contributed by atoms with Crippen molar-refractivity contribution in [3.8, 4) is 17.1 Å². The van der Waals surface area contributed by atoms with E-state index in [2.05, 4.69) is 0 Å². The Morgan fingerprint density at radius 3 is 2.00 bits per heavy atom. The lowest BCUT2D eigenvalue weighted by Crippen LogP contribution is -2.63. The van der Waals surface area contributed by atoms with Crippen LogP contribution in [0.5, 0.6) is 5.88 Å². The van der Waals surface area contributed by atoms with Crippen molar-refractivity contribution in [1.82, 2.24) is 14.4 Å². The van der Waals surface area contributed by atoms with E-state index in [0.29, 0.717) is 34.9 Å². The molecule has 1 aliphatic rings. The summed E-state index contributed by atoms with van der Waals surface area (Å²) in [7, 11) is 0. The molecule has 1 saturated heterocycles. The summed E-state index contributed by atoms with van der Waals surface area (Å²) in [5.74, 6) is -2.13. The molecule has 0 N–H and O–H groups in total. The third kappa shape index (κ3) is 8.46. The minimum Gasteiger partial charge on any atom is -0.469 e. The lowest BCUT2D eigenvalue weighted by atomic mass is 9.98. The SMILES string of the molecule is CC(=O)OC[C@H]1O[C@@H](Oc2c(Cc3ccco3)nc3c(Cc4ccccc4)nc(-c4ccccc4)cn23)[C@H](OC(C)=O)[C@@H](OC(C)=O)[C@H]1OC(C)=O. The molecule has 1 fully saturated rings. The van der Waals surface area contributed by atoms with E-state index in [1.54, 1.807) is 29.0 Å². The Balaban J connectivity index is 1.52. The summed E-state index contributed by atoms with van der Waals surface area (Å²) in [5.41, 5.74) is 3.99. The Morgan fingerprint density at radius 1 is 0.712 bits per heavy atom. The zero-order valence-electron chi connectivity index (χ0n) is 28.9. The van der Waals surface area contributed by atoms with Crippen molar-refractivity contribution in [2.45, 2.75) is 71.2 Å². The number of hydrogen-bond donors (Lipinski definition) is 0. The second-order valence-corrected chi connectivity index (χ2v) is 12.1. The molecule has 52 heavy (non-hydrogen) atoms. The average Bonchev–Trinajstić information content (AvgIpc) is 3.75. The van der Waals surface area contributed by atoms with Gasteiger partial charge in [-0.1, -0.05) is 60.7 Å². The van der Waals surface area contributed by atoms with Crippen LogP contribution >= 0.6 is 0 Å². The van der Waals surface area contributed by atoms with Gasteiger partial charge in [-0.3, -0.25) is 23.6 Å². The molecule has 6 rings (SSSR count). The molecular formula is C38H37N3O11. The van der Waals surface area contributed by atoms with Gasteiger partial charge in [0.15, 0.2) is 17.9 Å². The van der Waals surface area contributed by atoms with Gasteiger partial charge in [0.25, 0.3) is 0 Å². The molecule has 14 nitrogen and oxygen atoms in total. The number of hydrogen-bond acceptors (Lipinski definition) is 13. The van der Waals surface area contributed by atoms with Crippen LogP contribution in [-0.2, 0) is 55.7 Å². The molecule has 0 aliphatic carbocycles. The van der Waals surface area contributed by atoms with Crippen molar-refractivity contribution >= 4 is 29.5 Å². The lowest BCUT2D eigenvalue weighted by molar-refractivity contribution is -0.289. The van der Waals surface area contributed by atoms with Gasteiger partial charge in [-0.2, -0.15) is 0 Å². The number of rotatable bonds is 12. The van der Waals surface area contributed by atoms with Gasteiger partial charge in [0.1, 0.15) is 24.2 Å². The summed E-state index contributed by atoms with van der Waals surface area (Å²) < 4.78 is 42.5. The zero-order chi connectivity index (χ0) is 36.8. The minimum absolute atomic E-state index is 0.181. The van der Waals surface area contributed by atoms with Gasteiger partial charge >= 0.3 is 23.9 Å². The molecule has 0 saturated carbocycles. The van der Waals surface area contributed by atoms with Crippen LogP contribution in [0.2, 0.25) is 0 Å². The van der Waals surface area contributed by atoms with Crippen LogP contribution in [0.25, 0.3) is 16.9 Å². The first-order chi connectivity index (χ1) is 25.0. The molecule has 2 aromatic carbocycles. The third-order valence-corrected chi connectivity index (χ3v) is 8.08. The van der Waals surface area contributed by atoms with Crippen LogP contribution in [0.4, 0.5) is 0 Å². The van der Waals surface area contributed by atoms with Gasteiger partial charge in [0, 0.05) is 45.9 Å². The number of carbonyl (C=O) groups is 4. The highest BCUT2D eigenvalue weighted by atomic mass is 16.7. The molecule has 0 bridgehead atoms. The van der Waals surface area contributed by atoms with Crippen LogP contribution in [0.15, 0.2) is 89.7 Å². The Labute approximate surface area is 298 Å². The topological polar surface area (TPSA) is 167 Å². The molecule has 5 aromatic rings. The first kappa shape index (κ1) is 35.8. The zero-order valence-corrected chi connectivity index (χ0v) is 28.9. The second kappa shape index (κ2) is 15.9. The summed E-state index contributed by atoms with van der Waals surface area (Å²) >= 11 is 0. The molecule has 270 valence electrons. The second-order valence-electron chi connectivity index (χ2n) is 12.1. The molecule has 1 aliphatic heterocycles. The van der Waals surface area contributed by atoms with Gasteiger partial charge in [0.2, 0.25) is 18.3 Å². The van der Waals surface area contributed by atoms with Gasteiger partial charge in [-0.15, -0.1) is 0 Å². The van der Waals surface area contributed by atoms with Crippen molar-refractivity contribution in [3.63, 3.8) is 0 Å². The highest BCUT2D eigenvalue weighted by Gasteiger charge is 2.53. The van der Waals surface area contributed by atoms with Crippen LogP contribution in [-0.4, -0.2) is 75.6 Å². The number of benzene rings is 2. The fraction of sp³-hybridized carbons (Fsp3) is 0.316. The van der Waals surface area contributed by atoms with E-state index in [4.69, 9.17) is 42.8 Å². The maximum atomic E-state index is 12.5. The summed E-state index contributed by atoms with van der Waals surface area (Å²) in [6.45, 7) is 4.26. The van der Waals surface area contributed by atoms with Gasteiger partial charge in [0.05, 0.1) is 24.1 Å². The Hall–Kier alpha value is -6.02. The number of furan rings is 1. The van der Waals surface area contributed by atoms with E-state index in [9.17, 15) is 19.2 Å². The quantitative estimate of drug-likeness (QED) is 0.130. The minimum atomic E-state index is -1.50. The maximum Gasteiger partial charge on any atom is 0.303 e. The largest absolute Gasteiger partial charge is 0.469 e. The molecule has 0 spiro atoms. The first-order valence-corrected chi connectivity index (χ1v) is 16.6. The average molecular weight is 712 g/mol. The molecule has 14 heteroatoms. The van der Waals surface area contributed by atoms with E-state index in [-0.39, 0.29) is 12.3 Å². The van der Waals surface area contributed by atoms with E-state index in [0.717, 1.165) is 31.9 Å². The molecule has 3 aromatic heterocycles. The first-order valence-electron chi connectivity index (χ1n) is 16.6. The molecule has 4 heterocycles. The van der Waals surface area contributed by atoms with E-state index in [1.165, 1.54) is 6.92 Å². The lowest BCUT2D eigenvalue weighted by Gasteiger charge is -2.43. The molecule has 0 amide bonds.